The quantitative estimate of drug-likeness (QED) is 0.625. The lowest BCUT2D eigenvalue weighted by atomic mass is 10.0. The molecule has 0 fully saturated rings. The van der Waals surface area contributed by atoms with Gasteiger partial charge in [0, 0.05) is 11.1 Å². The Balaban J connectivity index is 2.33. The third-order valence-electron chi connectivity index (χ3n) is 2.98. The normalized spacial score (nSPS) is 11.5. The molecule has 0 saturated heterocycles. The van der Waals surface area contributed by atoms with Crippen LogP contribution in [0.15, 0.2) is 24.3 Å². The Morgan fingerprint density at radius 2 is 2.23 bits per heavy atom. The van der Waals surface area contributed by atoms with Crippen molar-refractivity contribution in [1.29, 1.82) is 0 Å². The number of allylic oxidation sites excluding steroid dienone is 1. The number of rotatable bonds is 5. The Bertz CT molecular complexity index is 709. The van der Waals surface area contributed by atoms with Gasteiger partial charge in [0.25, 0.3) is 0 Å². The predicted molar refractivity (Wildman–Crippen MR) is 83.4 cm³/mol. The van der Waals surface area contributed by atoms with E-state index in [2.05, 4.69) is 15.4 Å². The Morgan fingerprint density at radius 1 is 1.45 bits per heavy atom. The van der Waals surface area contributed by atoms with Gasteiger partial charge in [0.05, 0.1) is 13.2 Å². The highest BCUT2D eigenvalue weighted by molar-refractivity contribution is 6.30. The maximum absolute atomic E-state index is 11.6. The molecule has 1 heterocycles. The zero-order chi connectivity index (χ0) is 16.1. The minimum atomic E-state index is -0.365. The summed E-state index contributed by atoms with van der Waals surface area (Å²) in [6.07, 6.45) is 1.47. The zero-order valence-electron chi connectivity index (χ0n) is 12.7. The number of tetrazole rings is 1. The smallest absolute Gasteiger partial charge is 0.331 e. The van der Waals surface area contributed by atoms with Crippen molar-refractivity contribution in [3.8, 4) is 0 Å². The average molecular weight is 321 g/mol. The van der Waals surface area contributed by atoms with E-state index in [1.54, 1.807) is 19.9 Å². The van der Waals surface area contributed by atoms with E-state index in [0.717, 1.165) is 16.7 Å². The molecule has 2 rings (SSSR count). The first-order valence-corrected chi connectivity index (χ1v) is 7.25. The number of nitrogens with zero attached hydrogens (tertiary/aromatic N) is 4. The van der Waals surface area contributed by atoms with E-state index in [1.807, 2.05) is 19.1 Å². The van der Waals surface area contributed by atoms with Gasteiger partial charge in [-0.25, -0.2) is 4.79 Å². The third-order valence-corrected chi connectivity index (χ3v) is 3.21. The van der Waals surface area contributed by atoms with E-state index in [-0.39, 0.29) is 5.97 Å². The molecular formula is C15H17ClN4O2. The number of aromatic nitrogens is 4. The summed E-state index contributed by atoms with van der Waals surface area (Å²) in [4.78, 5) is 13.1. The van der Waals surface area contributed by atoms with Crippen LogP contribution in [-0.4, -0.2) is 32.8 Å². The van der Waals surface area contributed by atoms with Crippen LogP contribution in [-0.2, 0) is 16.1 Å². The van der Waals surface area contributed by atoms with Crippen molar-refractivity contribution in [1.82, 2.24) is 20.2 Å². The second-order valence-corrected chi connectivity index (χ2v) is 5.18. The second kappa shape index (κ2) is 7.17. The van der Waals surface area contributed by atoms with Crippen molar-refractivity contribution >= 4 is 23.1 Å². The maximum atomic E-state index is 11.6. The number of ether oxygens (including phenoxy) is 1. The summed E-state index contributed by atoms with van der Waals surface area (Å²) in [5.41, 5.74) is 2.59. The summed E-state index contributed by atoms with van der Waals surface area (Å²) in [5, 5.41) is 12.6. The summed E-state index contributed by atoms with van der Waals surface area (Å²) >= 11 is 6.07. The summed E-state index contributed by atoms with van der Waals surface area (Å²) in [6, 6.07) is 5.48. The number of benzene rings is 1. The number of hydrogen-bond donors (Lipinski definition) is 0. The van der Waals surface area contributed by atoms with Gasteiger partial charge < -0.3 is 4.74 Å². The third kappa shape index (κ3) is 4.14. The number of hydrogen-bond acceptors (Lipinski definition) is 5. The molecule has 116 valence electrons. The van der Waals surface area contributed by atoms with Gasteiger partial charge in [0.15, 0.2) is 5.82 Å². The van der Waals surface area contributed by atoms with Crippen LogP contribution in [0.2, 0.25) is 5.02 Å². The lowest BCUT2D eigenvalue weighted by Gasteiger charge is -2.10. The number of esters is 1. The molecule has 6 nitrogen and oxygen atoms in total. The lowest BCUT2D eigenvalue weighted by molar-refractivity contribution is -0.137. The van der Waals surface area contributed by atoms with Crippen molar-refractivity contribution in [2.75, 3.05) is 6.61 Å². The summed E-state index contributed by atoms with van der Waals surface area (Å²) < 4.78 is 4.94. The number of halogens is 1. The molecule has 0 unspecified atom stereocenters. The molecule has 1 aromatic carbocycles. The molecule has 2 aromatic rings. The van der Waals surface area contributed by atoms with Gasteiger partial charge in [-0.15, -0.1) is 10.2 Å². The highest BCUT2D eigenvalue weighted by Crippen LogP contribution is 2.23. The Hall–Kier alpha value is -2.21. The van der Waals surface area contributed by atoms with Gasteiger partial charge >= 0.3 is 5.97 Å². The van der Waals surface area contributed by atoms with Crippen LogP contribution in [0.4, 0.5) is 0 Å². The second-order valence-electron chi connectivity index (χ2n) is 4.75. The molecule has 0 saturated carbocycles. The van der Waals surface area contributed by atoms with Gasteiger partial charge in [-0.1, -0.05) is 17.7 Å². The van der Waals surface area contributed by atoms with E-state index < -0.39 is 0 Å². The van der Waals surface area contributed by atoms with Crippen LogP contribution in [0.1, 0.15) is 30.8 Å². The zero-order valence-corrected chi connectivity index (χ0v) is 13.5. The topological polar surface area (TPSA) is 69.9 Å². The largest absolute Gasteiger partial charge is 0.463 e. The number of carbonyl (C=O) groups is 1. The van der Waals surface area contributed by atoms with Crippen molar-refractivity contribution < 1.29 is 9.53 Å². The van der Waals surface area contributed by atoms with E-state index in [0.29, 0.717) is 24.0 Å². The minimum absolute atomic E-state index is 0.345. The summed E-state index contributed by atoms with van der Waals surface area (Å²) in [7, 11) is 0. The van der Waals surface area contributed by atoms with Crippen molar-refractivity contribution in [3.63, 3.8) is 0 Å². The van der Waals surface area contributed by atoms with Crippen LogP contribution in [0.25, 0.3) is 5.57 Å². The fourth-order valence-electron chi connectivity index (χ4n) is 2.06. The molecule has 0 N–H and O–H groups in total. The molecule has 0 aliphatic heterocycles. The fraction of sp³-hybridized carbons (Fsp3) is 0.333. The molecule has 0 aliphatic carbocycles. The lowest BCUT2D eigenvalue weighted by Crippen LogP contribution is -2.07. The molecule has 0 atom stereocenters. The monoisotopic (exact) mass is 320 g/mol. The average Bonchev–Trinajstić information content (AvgIpc) is 2.84. The predicted octanol–water partition coefficient (Wildman–Crippen LogP) is 2.65. The molecule has 1 aromatic heterocycles. The van der Waals surface area contributed by atoms with Gasteiger partial charge in [-0.2, -0.15) is 4.80 Å². The molecule has 0 amide bonds. The molecule has 7 heteroatoms. The first-order chi connectivity index (χ1) is 10.5. The van der Waals surface area contributed by atoms with Gasteiger partial charge in [-0.3, -0.25) is 0 Å². The van der Waals surface area contributed by atoms with Crippen LogP contribution in [0.5, 0.6) is 0 Å². The molecule has 0 bridgehead atoms. The molecule has 0 aliphatic rings. The summed E-state index contributed by atoms with van der Waals surface area (Å²) in [6.45, 7) is 6.16. The van der Waals surface area contributed by atoms with Crippen LogP contribution >= 0.6 is 11.6 Å². The SMILES string of the molecule is CCOC(=O)/C=C(\C)c1ccc(Cl)cc1Cn1nnc(C)n1. The van der Waals surface area contributed by atoms with Gasteiger partial charge in [0.2, 0.25) is 0 Å². The number of aryl methyl sites for hydroxylation is 1. The summed E-state index contributed by atoms with van der Waals surface area (Å²) in [5.74, 6) is 0.234. The fourth-order valence-corrected chi connectivity index (χ4v) is 2.25. The minimum Gasteiger partial charge on any atom is -0.463 e. The first kappa shape index (κ1) is 16.2. The molecule has 0 spiro atoms. The Kier molecular flexibility index (Phi) is 5.27. The first-order valence-electron chi connectivity index (χ1n) is 6.88. The Morgan fingerprint density at radius 3 is 2.86 bits per heavy atom. The van der Waals surface area contributed by atoms with E-state index >= 15 is 0 Å². The molecule has 0 radical (unpaired) electrons. The van der Waals surface area contributed by atoms with Gasteiger partial charge in [-0.05, 0) is 54.8 Å². The Labute approximate surface area is 133 Å². The van der Waals surface area contributed by atoms with Crippen molar-refractivity contribution in [2.45, 2.75) is 27.3 Å². The molecular weight excluding hydrogens is 304 g/mol. The highest BCUT2D eigenvalue weighted by Gasteiger charge is 2.10. The van der Waals surface area contributed by atoms with Crippen LogP contribution in [0, 0.1) is 6.92 Å². The van der Waals surface area contributed by atoms with E-state index in [1.165, 1.54) is 10.9 Å². The van der Waals surface area contributed by atoms with E-state index in [4.69, 9.17) is 16.3 Å². The van der Waals surface area contributed by atoms with Gasteiger partial charge in [0.1, 0.15) is 0 Å². The maximum Gasteiger partial charge on any atom is 0.331 e. The number of carbonyl (C=O) groups excluding carboxylic acids is 1. The molecule has 22 heavy (non-hydrogen) atoms. The van der Waals surface area contributed by atoms with Crippen LogP contribution in [0.3, 0.4) is 0 Å². The highest BCUT2D eigenvalue weighted by atomic mass is 35.5. The van der Waals surface area contributed by atoms with Crippen molar-refractivity contribution in [2.24, 2.45) is 0 Å². The standard InChI is InChI=1S/C15H17ClN4O2/c1-4-22-15(21)7-10(2)14-6-5-13(16)8-12(14)9-20-18-11(3)17-19-20/h5-8H,4,9H2,1-3H3/b10-7+. The van der Waals surface area contributed by atoms with Crippen LogP contribution < -0.4 is 0 Å². The van der Waals surface area contributed by atoms with E-state index in [9.17, 15) is 4.79 Å². The van der Waals surface area contributed by atoms with Crippen molar-refractivity contribution in [3.05, 3.63) is 46.2 Å².